The molecule has 0 bridgehead atoms. The molecule has 0 amide bonds. The number of carboxylic acid groups (broad SMARTS) is 1. The Morgan fingerprint density at radius 2 is 2.29 bits per heavy atom. The molecule has 24 heavy (non-hydrogen) atoms. The van der Waals surface area contributed by atoms with Gasteiger partial charge >= 0.3 is 5.97 Å². The molecule has 7 nitrogen and oxygen atoms in total. The largest absolute Gasteiger partial charge is 0.478 e. The molecule has 0 radical (unpaired) electrons. The number of aryl methyl sites for hydroxylation is 1. The van der Waals surface area contributed by atoms with Gasteiger partial charge in [-0.25, -0.2) is 14.8 Å². The average Bonchev–Trinajstić information content (AvgIpc) is 2.99. The molecule has 1 aliphatic carbocycles. The van der Waals surface area contributed by atoms with Gasteiger partial charge in [-0.15, -0.1) is 0 Å². The molecule has 3 aromatic rings. The summed E-state index contributed by atoms with van der Waals surface area (Å²) in [7, 11) is 0. The number of carboxylic acids is 1. The maximum absolute atomic E-state index is 11.2. The fourth-order valence-electron chi connectivity index (χ4n) is 3.09. The lowest BCUT2D eigenvalue weighted by Crippen LogP contribution is -2.17. The van der Waals surface area contributed by atoms with Gasteiger partial charge in [0, 0.05) is 12.2 Å². The van der Waals surface area contributed by atoms with Crippen LogP contribution in [0.25, 0.3) is 11.2 Å². The molecule has 0 fully saturated rings. The number of aromatic nitrogens is 3. The highest BCUT2D eigenvalue weighted by molar-refractivity contribution is 6.00. The number of hydrogen-bond donors (Lipinski definition) is 3. The Balaban J connectivity index is 1.68. The Bertz CT molecular complexity index is 935. The second kappa shape index (κ2) is 5.61. The number of H-pyrrole nitrogens is 1. The van der Waals surface area contributed by atoms with Gasteiger partial charge in [0.05, 0.1) is 6.20 Å². The summed E-state index contributed by atoms with van der Waals surface area (Å²) in [6.07, 6.45) is 5.93. The zero-order chi connectivity index (χ0) is 16.7. The van der Waals surface area contributed by atoms with E-state index in [0.717, 1.165) is 24.8 Å². The van der Waals surface area contributed by atoms with E-state index in [1.807, 2.05) is 18.2 Å². The highest BCUT2D eigenvalue weighted by Crippen LogP contribution is 2.32. The monoisotopic (exact) mass is 324 g/mol. The van der Waals surface area contributed by atoms with Crippen molar-refractivity contribution in [2.75, 3.05) is 0 Å². The Labute approximate surface area is 137 Å². The van der Waals surface area contributed by atoms with Crippen LogP contribution in [0.5, 0.6) is 11.6 Å². The van der Waals surface area contributed by atoms with Gasteiger partial charge in [0.1, 0.15) is 16.8 Å². The molecule has 1 aliphatic rings. The number of nitrogens with one attached hydrogen (secondary N) is 1. The molecule has 2 heterocycles. The number of hydrogen-bond acceptors (Lipinski definition) is 5. The van der Waals surface area contributed by atoms with E-state index in [2.05, 4.69) is 15.0 Å². The molecular formula is C17H16N4O3. The van der Waals surface area contributed by atoms with Crippen LogP contribution in [0.15, 0.2) is 30.6 Å². The van der Waals surface area contributed by atoms with E-state index in [0.29, 0.717) is 11.4 Å². The van der Waals surface area contributed by atoms with Crippen LogP contribution in [0.2, 0.25) is 0 Å². The number of rotatable bonds is 3. The Kier molecular flexibility index (Phi) is 3.42. The molecule has 0 saturated carbocycles. The quantitative estimate of drug-likeness (QED) is 0.682. The maximum atomic E-state index is 11.2. The van der Waals surface area contributed by atoms with Crippen LogP contribution in [0.4, 0.5) is 0 Å². The molecule has 0 spiro atoms. The summed E-state index contributed by atoms with van der Waals surface area (Å²) in [5, 5.41) is 9.17. The van der Waals surface area contributed by atoms with Crippen LogP contribution < -0.4 is 10.5 Å². The summed E-state index contributed by atoms with van der Waals surface area (Å²) in [4.78, 5) is 22.4. The van der Waals surface area contributed by atoms with Gasteiger partial charge in [0.15, 0.2) is 5.65 Å². The molecule has 0 saturated heterocycles. The van der Waals surface area contributed by atoms with Crippen molar-refractivity contribution >= 4 is 17.1 Å². The van der Waals surface area contributed by atoms with Crippen molar-refractivity contribution in [2.45, 2.75) is 25.3 Å². The predicted molar refractivity (Wildman–Crippen MR) is 87.2 cm³/mol. The van der Waals surface area contributed by atoms with Crippen molar-refractivity contribution in [1.29, 1.82) is 0 Å². The normalized spacial score (nSPS) is 16.8. The second-order valence-electron chi connectivity index (χ2n) is 5.87. The van der Waals surface area contributed by atoms with Gasteiger partial charge in [-0.05, 0) is 42.5 Å². The summed E-state index contributed by atoms with van der Waals surface area (Å²) in [5.74, 6) is -0.200. The third kappa shape index (κ3) is 2.48. The first kappa shape index (κ1) is 14.6. The minimum absolute atomic E-state index is 0.0224. The smallest absolute Gasteiger partial charge is 0.339 e. The zero-order valence-electron chi connectivity index (χ0n) is 12.8. The number of nitrogens with zero attached hydrogens (tertiary/aromatic N) is 2. The summed E-state index contributed by atoms with van der Waals surface area (Å²) < 4.78 is 5.77. The summed E-state index contributed by atoms with van der Waals surface area (Å²) in [6, 6.07) is 5.85. The number of nitrogens with two attached hydrogens (primary N) is 1. The Morgan fingerprint density at radius 3 is 3.12 bits per heavy atom. The minimum atomic E-state index is -1.06. The van der Waals surface area contributed by atoms with Crippen LogP contribution in [0.3, 0.4) is 0 Å². The van der Waals surface area contributed by atoms with E-state index in [-0.39, 0.29) is 23.0 Å². The van der Waals surface area contributed by atoms with Gasteiger partial charge < -0.3 is 20.6 Å². The van der Waals surface area contributed by atoms with Crippen molar-refractivity contribution < 1.29 is 14.6 Å². The minimum Gasteiger partial charge on any atom is -0.478 e. The molecule has 7 heteroatoms. The van der Waals surface area contributed by atoms with E-state index in [4.69, 9.17) is 10.5 Å². The van der Waals surface area contributed by atoms with Gasteiger partial charge in [0.25, 0.3) is 0 Å². The predicted octanol–water partition coefficient (Wildman–Crippen LogP) is 2.78. The van der Waals surface area contributed by atoms with E-state index in [1.54, 1.807) is 0 Å². The fourth-order valence-corrected chi connectivity index (χ4v) is 3.09. The van der Waals surface area contributed by atoms with Crippen LogP contribution in [0.1, 0.15) is 40.4 Å². The van der Waals surface area contributed by atoms with Crippen molar-refractivity contribution in [3.63, 3.8) is 0 Å². The zero-order valence-corrected chi connectivity index (χ0v) is 12.8. The highest BCUT2D eigenvalue weighted by atomic mass is 16.5. The lowest BCUT2D eigenvalue weighted by molar-refractivity contribution is 0.0699. The first-order valence-electron chi connectivity index (χ1n) is 7.75. The lowest BCUT2D eigenvalue weighted by Gasteiger charge is -2.22. The number of fused-ring (bicyclic) bond motifs is 2. The molecule has 4 N–H and O–H groups in total. The van der Waals surface area contributed by atoms with E-state index < -0.39 is 5.97 Å². The van der Waals surface area contributed by atoms with Crippen LogP contribution in [-0.2, 0) is 6.42 Å². The summed E-state index contributed by atoms with van der Waals surface area (Å²) in [6.45, 7) is 0. The van der Waals surface area contributed by atoms with Gasteiger partial charge in [-0.2, -0.15) is 0 Å². The number of carbonyl (C=O) groups is 1. The van der Waals surface area contributed by atoms with Gasteiger partial charge in [0.2, 0.25) is 5.88 Å². The van der Waals surface area contributed by atoms with Gasteiger partial charge in [-0.1, -0.05) is 6.07 Å². The van der Waals surface area contributed by atoms with E-state index in [9.17, 15) is 9.90 Å². The molecular weight excluding hydrogens is 308 g/mol. The standard InChI is InChI=1S/C17H16N4O3/c18-13-3-1-2-9-4-5-10(6-11(9)13)24-14-8-20-16-15(21-14)12(7-19-16)17(22)23/h4-8,13H,1-3,18H2,(H,19,20)(H,22,23)/t13-/m1/s1. The first-order chi connectivity index (χ1) is 11.6. The number of ether oxygens (including phenoxy) is 1. The fraction of sp³-hybridized carbons (Fsp3) is 0.235. The molecule has 1 atom stereocenters. The van der Waals surface area contributed by atoms with Crippen molar-refractivity contribution in [3.05, 3.63) is 47.3 Å². The van der Waals surface area contributed by atoms with Crippen molar-refractivity contribution in [1.82, 2.24) is 15.0 Å². The second-order valence-corrected chi connectivity index (χ2v) is 5.87. The average molecular weight is 324 g/mol. The number of benzene rings is 1. The third-order valence-electron chi connectivity index (χ3n) is 4.29. The Morgan fingerprint density at radius 1 is 1.42 bits per heavy atom. The summed E-state index contributed by atoms with van der Waals surface area (Å²) >= 11 is 0. The summed E-state index contributed by atoms with van der Waals surface area (Å²) in [5.41, 5.74) is 9.27. The third-order valence-corrected chi connectivity index (χ3v) is 4.29. The Hall–Kier alpha value is -2.93. The molecule has 0 aliphatic heterocycles. The first-order valence-corrected chi connectivity index (χ1v) is 7.75. The van der Waals surface area contributed by atoms with Crippen LogP contribution in [-0.4, -0.2) is 26.0 Å². The number of aromatic carboxylic acids is 1. The maximum Gasteiger partial charge on any atom is 0.339 e. The topological polar surface area (TPSA) is 114 Å². The van der Waals surface area contributed by atoms with Gasteiger partial charge in [-0.3, -0.25) is 0 Å². The molecule has 122 valence electrons. The number of aromatic amines is 1. The molecule has 4 rings (SSSR count). The van der Waals surface area contributed by atoms with Crippen molar-refractivity contribution in [2.24, 2.45) is 5.73 Å². The molecule has 1 aromatic carbocycles. The lowest BCUT2D eigenvalue weighted by atomic mass is 9.88. The molecule has 0 unspecified atom stereocenters. The van der Waals surface area contributed by atoms with E-state index in [1.165, 1.54) is 18.0 Å². The van der Waals surface area contributed by atoms with Crippen LogP contribution >= 0.6 is 0 Å². The highest BCUT2D eigenvalue weighted by Gasteiger charge is 2.18. The van der Waals surface area contributed by atoms with Crippen LogP contribution in [0, 0.1) is 0 Å². The van der Waals surface area contributed by atoms with E-state index >= 15 is 0 Å². The molecule has 2 aromatic heterocycles. The van der Waals surface area contributed by atoms with Crippen molar-refractivity contribution in [3.8, 4) is 11.6 Å². The SMILES string of the molecule is N[C@@H]1CCCc2ccc(Oc3cnc4[nH]cc(C(=O)O)c4n3)cc21.